The number of sulfonamides is 1. The van der Waals surface area contributed by atoms with Gasteiger partial charge in [-0.1, -0.05) is 6.92 Å². The Morgan fingerprint density at radius 1 is 1.62 bits per heavy atom. The van der Waals surface area contributed by atoms with Gasteiger partial charge in [0, 0.05) is 11.6 Å². The predicted octanol–water partition coefficient (Wildman–Crippen LogP) is 1.77. The Kier molecular flexibility index (Phi) is 4.19. The van der Waals surface area contributed by atoms with E-state index in [1.807, 2.05) is 0 Å². The van der Waals surface area contributed by atoms with Crippen LogP contribution in [0.25, 0.3) is 0 Å². The fourth-order valence-electron chi connectivity index (χ4n) is 1.05. The fraction of sp³-hybridized carbons (Fsp3) is 0.333. The summed E-state index contributed by atoms with van der Waals surface area (Å²) in [6.45, 7) is 2.99. The average molecular weight is 260 g/mol. The maximum Gasteiger partial charge on any atom is 0.259 e. The Labute approximate surface area is 98.3 Å². The summed E-state index contributed by atoms with van der Waals surface area (Å²) in [5.41, 5.74) is 0. The molecule has 88 valence electrons. The molecule has 0 aromatic carbocycles. The molecule has 0 saturated carbocycles. The van der Waals surface area contributed by atoms with Crippen molar-refractivity contribution in [3.63, 3.8) is 0 Å². The van der Waals surface area contributed by atoms with Gasteiger partial charge in [-0.3, -0.25) is 9.52 Å². The van der Waals surface area contributed by atoms with Crippen LogP contribution in [0.2, 0.25) is 0 Å². The molecule has 0 radical (unpaired) electrons. The zero-order chi connectivity index (χ0) is 12.2. The molecule has 0 atom stereocenters. The van der Waals surface area contributed by atoms with E-state index in [4.69, 9.17) is 0 Å². The highest BCUT2D eigenvalue weighted by Crippen LogP contribution is 2.18. The van der Waals surface area contributed by atoms with Gasteiger partial charge in [0.05, 0.1) is 4.91 Å². The predicted molar refractivity (Wildman–Crippen MR) is 63.7 cm³/mol. The standard InChI is InChI=1S/C9H12N2O3S2/c1-3-8(6-7(2)12)16(13,14)11-9-10-4-5-15-9/h4-6H,3H2,1-2H3,(H,10,11)/b8-6+. The molecule has 1 heterocycles. The Morgan fingerprint density at radius 3 is 2.75 bits per heavy atom. The first kappa shape index (κ1) is 12.9. The maximum atomic E-state index is 11.8. The first-order valence-corrected chi connectivity index (χ1v) is 6.95. The third-order valence-corrected chi connectivity index (χ3v) is 4.09. The summed E-state index contributed by atoms with van der Waals surface area (Å²) in [5, 5.41) is 1.96. The Bertz CT molecular complexity index is 489. The quantitative estimate of drug-likeness (QED) is 0.818. The normalized spacial score (nSPS) is 12.5. The molecule has 0 aliphatic carbocycles. The van der Waals surface area contributed by atoms with Gasteiger partial charge in [0.2, 0.25) is 0 Å². The lowest BCUT2D eigenvalue weighted by atomic mass is 10.3. The summed E-state index contributed by atoms with van der Waals surface area (Å²) in [4.78, 5) is 14.8. The van der Waals surface area contributed by atoms with Crippen LogP contribution in [0, 0.1) is 0 Å². The molecule has 7 heteroatoms. The maximum absolute atomic E-state index is 11.8. The minimum atomic E-state index is -3.65. The highest BCUT2D eigenvalue weighted by atomic mass is 32.2. The van der Waals surface area contributed by atoms with Gasteiger partial charge in [0.1, 0.15) is 0 Å². The van der Waals surface area contributed by atoms with Gasteiger partial charge < -0.3 is 0 Å². The number of anilines is 1. The van der Waals surface area contributed by atoms with Crippen molar-refractivity contribution in [3.8, 4) is 0 Å². The van der Waals surface area contributed by atoms with Gasteiger partial charge in [-0.15, -0.1) is 11.3 Å². The molecule has 0 spiro atoms. The Balaban J connectivity index is 2.96. The Morgan fingerprint density at radius 2 is 2.31 bits per heavy atom. The van der Waals surface area contributed by atoms with Crippen molar-refractivity contribution < 1.29 is 13.2 Å². The molecule has 1 rings (SSSR count). The summed E-state index contributed by atoms with van der Waals surface area (Å²) in [6, 6.07) is 0. The van der Waals surface area contributed by atoms with Crippen molar-refractivity contribution >= 4 is 32.3 Å². The number of carbonyl (C=O) groups excluding carboxylic acids is 1. The third kappa shape index (κ3) is 3.42. The topological polar surface area (TPSA) is 76.1 Å². The molecular weight excluding hydrogens is 248 g/mol. The van der Waals surface area contributed by atoms with Crippen LogP contribution in [0.4, 0.5) is 5.13 Å². The van der Waals surface area contributed by atoms with Crippen LogP contribution in [0.3, 0.4) is 0 Å². The molecule has 0 aliphatic heterocycles. The van der Waals surface area contributed by atoms with Crippen molar-refractivity contribution in [2.75, 3.05) is 4.72 Å². The van der Waals surface area contributed by atoms with Crippen molar-refractivity contribution in [1.82, 2.24) is 4.98 Å². The van der Waals surface area contributed by atoms with Crippen LogP contribution in [0.15, 0.2) is 22.6 Å². The molecule has 1 aromatic heterocycles. The fourth-order valence-corrected chi connectivity index (χ4v) is 3.06. The molecule has 1 N–H and O–H groups in total. The van der Waals surface area contributed by atoms with Gasteiger partial charge in [-0.25, -0.2) is 13.4 Å². The molecule has 16 heavy (non-hydrogen) atoms. The van der Waals surface area contributed by atoms with E-state index in [0.29, 0.717) is 5.13 Å². The summed E-state index contributed by atoms with van der Waals surface area (Å²) in [5.74, 6) is -0.290. The van der Waals surface area contributed by atoms with E-state index in [9.17, 15) is 13.2 Å². The van der Waals surface area contributed by atoms with E-state index in [1.54, 1.807) is 12.3 Å². The number of carbonyl (C=O) groups is 1. The third-order valence-electron chi connectivity index (χ3n) is 1.71. The van der Waals surface area contributed by atoms with Crippen molar-refractivity contribution in [1.29, 1.82) is 0 Å². The summed E-state index contributed by atoms with van der Waals surface area (Å²) in [7, 11) is -3.65. The smallest absolute Gasteiger partial charge is 0.259 e. The van der Waals surface area contributed by atoms with Crippen LogP contribution in [-0.2, 0) is 14.8 Å². The van der Waals surface area contributed by atoms with Gasteiger partial charge in [0.15, 0.2) is 10.9 Å². The van der Waals surface area contributed by atoms with Crippen molar-refractivity contribution in [2.45, 2.75) is 20.3 Å². The molecule has 0 saturated heterocycles. The molecule has 0 aliphatic rings. The number of allylic oxidation sites excluding steroid dienone is 2. The van der Waals surface area contributed by atoms with Crippen LogP contribution < -0.4 is 4.72 Å². The van der Waals surface area contributed by atoms with Crippen LogP contribution in [0.5, 0.6) is 0 Å². The zero-order valence-electron chi connectivity index (χ0n) is 8.93. The van der Waals surface area contributed by atoms with Crippen molar-refractivity contribution in [3.05, 3.63) is 22.6 Å². The lowest BCUT2D eigenvalue weighted by Crippen LogP contribution is -2.15. The molecule has 0 bridgehead atoms. The van der Waals surface area contributed by atoms with Crippen molar-refractivity contribution in [2.24, 2.45) is 0 Å². The highest BCUT2D eigenvalue weighted by molar-refractivity contribution is 7.96. The van der Waals surface area contributed by atoms with Gasteiger partial charge in [0.25, 0.3) is 10.0 Å². The van der Waals surface area contributed by atoms with E-state index in [1.165, 1.54) is 24.5 Å². The van der Waals surface area contributed by atoms with E-state index in [2.05, 4.69) is 9.71 Å². The second kappa shape index (κ2) is 5.22. The number of nitrogens with one attached hydrogen (secondary N) is 1. The number of rotatable bonds is 5. The minimum Gasteiger partial charge on any atom is -0.295 e. The molecule has 0 fully saturated rings. The van der Waals surface area contributed by atoms with Gasteiger partial charge >= 0.3 is 0 Å². The molecule has 0 amide bonds. The van der Waals surface area contributed by atoms with Crippen LogP contribution in [0.1, 0.15) is 20.3 Å². The van der Waals surface area contributed by atoms with E-state index in [0.717, 1.165) is 6.08 Å². The summed E-state index contributed by atoms with van der Waals surface area (Å²) in [6.07, 6.45) is 2.89. The van der Waals surface area contributed by atoms with E-state index >= 15 is 0 Å². The average Bonchev–Trinajstić information content (AvgIpc) is 2.65. The number of thiazole rings is 1. The number of ketones is 1. The second-order valence-corrected chi connectivity index (χ2v) is 5.65. The largest absolute Gasteiger partial charge is 0.295 e. The monoisotopic (exact) mass is 260 g/mol. The lowest BCUT2D eigenvalue weighted by molar-refractivity contribution is -0.112. The molecular formula is C9H12N2O3S2. The molecule has 1 aromatic rings. The summed E-state index contributed by atoms with van der Waals surface area (Å²) < 4.78 is 25.9. The zero-order valence-corrected chi connectivity index (χ0v) is 10.6. The number of hydrogen-bond donors (Lipinski definition) is 1. The molecule has 5 nitrogen and oxygen atoms in total. The molecule has 0 unspecified atom stereocenters. The lowest BCUT2D eigenvalue weighted by Gasteiger charge is -2.06. The minimum absolute atomic E-state index is 0.0650. The first-order valence-electron chi connectivity index (χ1n) is 4.59. The first-order chi connectivity index (χ1) is 7.45. The van der Waals surface area contributed by atoms with Gasteiger partial charge in [-0.05, 0) is 19.4 Å². The number of hydrogen-bond acceptors (Lipinski definition) is 5. The van der Waals surface area contributed by atoms with Crippen LogP contribution in [-0.4, -0.2) is 19.2 Å². The Hall–Kier alpha value is -1.21. The summed E-state index contributed by atoms with van der Waals surface area (Å²) >= 11 is 1.18. The number of nitrogens with zero attached hydrogens (tertiary/aromatic N) is 1. The second-order valence-electron chi connectivity index (χ2n) is 3.02. The van der Waals surface area contributed by atoms with Crippen LogP contribution >= 0.6 is 11.3 Å². The number of aromatic nitrogens is 1. The van der Waals surface area contributed by atoms with Gasteiger partial charge in [-0.2, -0.15) is 0 Å². The highest BCUT2D eigenvalue weighted by Gasteiger charge is 2.17. The van der Waals surface area contributed by atoms with E-state index in [-0.39, 0.29) is 17.1 Å². The SMILES string of the molecule is CC/C(=C\C(C)=O)S(=O)(=O)Nc1nccs1. The van der Waals surface area contributed by atoms with E-state index < -0.39 is 10.0 Å².